The predicted octanol–water partition coefficient (Wildman–Crippen LogP) is 1.53. The first kappa shape index (κ1) is 25.3. The average Bonchev–Trinajstić information content (AvgIpc) is 3.20. The van der Waals surface area contributed by atoms with Gasteiger partial charge in [-0.25, -0.2) is 0 Å². The second-order valence-corrected chi connectivity index (χ2v) is 11.5. The number of halogens is 1. The van der Waals surface area contributed by atoms with Gasteiger partial charge in [-0.15, -0.1) is 0 Å². The quantitative estimate of drug-likeness (QED) is 0.302. The number of hydrogen-bond donors (Lipinski definition) is 1. The zero-order valence-corrected chi connectivity index (χ0v) is 20.6. The van der Waals surface area contributed by atoms with Crippen LogP contribution in [0.5, 0.6) is 0 Å². The van der Waals surface area contributed by atoms with Gasteiger partial charge in [-0.1, -0.05) is 55.7 Å². The Hall–Kier alpha value is -1.97. The van der Waals surface area contributed by atoms with Crippen molar-refractivity contribution in [1.82, 2.24) is 9.78 Å². The molecular weight excluding hydrogens is 471 g/mol. The summed E-state index contributed by atoms with van der Waals surface area (Å²) >= 11 is 0. The molecule has 31 heavy (non-hydrogen) atoms. The van der Waals surface area contributed by atoms with Crippen molar-refractivity contribution in [1.29, 1.82) is 0 Å². The lowest BCUT2D eigenvalue weighted by atomic mass is 10.1. The number of carboxylic acids is 1. The number of hydrogen-bond acceptors (Lipinski definition) is 2. The Morgan fingerprint density at radius 1 is 0.839 bits per heavy atom. The number of carbonyl (C=O) groups is 1. The standard InChI is InChI=1S/C25H31N2O2P.BrH/c1-27-21-24(20-26-27)30(22-14-8-6-9-15-22,23-16-10-7-11-17-23)19-13-5-3-2-4-12-18-25(28)29;/h6-11,14-17,20-21H,2-5,12-13,18-19H2,1H3;1H. The lowest BCUT2D eigenvalue weighted by Gasteiger charge is -2.26. The lowest BCUT2D eigenvalue weighted by molar-refractivity contribution is -0.137. The number of nitrogens with zero attached hydrogens (tertiary/aromatic N) is 2. The normalized spacial score (nSPS) is 11.1. The second-order valence-electron chi connectivity index (χ2n) is 7.84. The molecule has 0 amide bonds. The highest BCUT2D eigenvalue weighted by atomic mass is 79.9. The number of carboxylic acid groups (broad SMARTS) is 1. The van der Waals surface area contributed by atoms with Gasteiger partial charge in [0.25, 0.3) is 0 Å². The van der Waals surface area contributed by atoms with E-state index in [-0.39, 0.29) is 23.4 Å². The molecule has 1 heterocycles. The van der Waals surface area contributed by atoms with E-state index in [1.165, 1.54) is 22.3 Å². The Morgan fingerprint density at radius 3 is 1.84 bits per heavy atom. The third kappa shape index (κ3) is 6.75. The molecule has 4 nitrogen and oxygen atoms in total. The third-order valence-electron chi connectivity index (χ3n) is 5.66. The monoisotopic (exact) mass is 502 g/mol. The first-order valence-corrected chi connectivity index (χ1v) is 12.8. The van der Waals surface area contributed by atoms with Crippen molar-refractivity contribution < 1.29 is 26.9 Å². The molecule has 0 aliphatic heterocycles. The van der Waals surface area contributed by atoms with Gasteiger partial charge in [0.05, 0.1) is 18.6 Å². The molecule has 0 aliphatic carbocycles. The van der Waals surface area contributed by atoms with Crippen molar-refractivity contribution in [3.63, 3.8) is 0 Å². The Bertz CT molecular complexity index is 876. The van der Waals surface area contributed by atoms with Crippen molar-refractivity contribution >= 4 is 29.1 Å². The van der Waals surface area contributed by atoms with Crippen molar-refractivity contribution in [3.8, 4) is 0 Å². The molecule has 0 atom stereocenters. The molecule has 0 aliphatic rings. The molecule has 6 heteroatoms. The number of aromatic nitrogens is 2. The van der Waals surface area contributed by atoms with Crippen LogP contribution in [0, 0.1) is 0 Å². The van der Waals surface area contributed by atoms with Gasteiger partial charge < -0.3 is 22.1 Å². The van der Waals surface area contributed by atoms with E-state index >= 15 is 0 Å². The van der Waals surface area contributed by atoms with E-state index in [4.69, 9.17) is 5.11 Å². The van der Waals surface area contributed by atoms with Gasteiger partial charge in [0.2, 0.25) is 0 Å². The van der Waals surface area contributed by atoms with Crippen LogP contribution >= 0.6 is 7.26 Å². The van der Waals surface area contributed by atoms with E-state index in [9.17, 15) is 4.79 Å². The fourth-order valence-electron chi connectivity index (χ4n) is 4.14. The third-order valence-corrected chi connectivity index (χ3v) is 10.1. The van der Waals surface area contributed by atoms with Gasteiger partial charge in [-0.05, 0) is 43.5 Å². The Kier molecular flexibility index (Phi) is 10.4. The van der Waals surface area contributed by atoms with Gasteiger partial charge in [0, 0.05) is 13.5 Å². The number of rotatable bonds is 12. The lowest BCUT2D eigenvalue weighted by Crippen LogP contribution is -3.00. The van der Waals surface area contributed by atoms with E-state index < -0.39 is 13.2 Å². The number of benzene rings is 2. The highest BCUT2D eigenvalue weighted by Gasteiger charge is 2.45. The number of unbranched alkanes of at least 4 members (excludes halogenated alkanes) is 5. The van der Waals surface area contributed by atoms with Crippen LogP contribution < -0.4 is 32.9 Å². The van der Waals surface area contributed by atoms with Crippen LogP contribution in [-0.2, 0) is 11.8 Å². The van der Waals surface area contributed by atoms with Crippen molar-refractivity contribution in [3.05, 3.63) is 73.1 Å². The summed E-state index contributed by atoms with van der Waals surface area (Å²) in [5, 5.41) is 17.4. The largest absolute Gasteiger partial charge is 1.00 e. The molecule has 0 saturated heterocycles. The zero-order chi connectivity index (χ0) is 21.2. The van der Waals surface area contributed by atoms with Crippen LogP contribution in [0.4, 0.5) is 0 Å². The fraction of sp³-hybridized carbons (Fsp3) is 0.360. The van der Waals surface area contributed by atoms with Crippen LogP contribution in [0.1, 0.15) is 44.9 Å². The van der Waals surface area contributed by atoms with E-state index in [0.717, 1.165) is 38.3 Å². The van der Waals surface area contributed by atoms with E-state index in [1.807, 2.05) is 11.7 Å². The topological polar surface area (TPSA) is 55.1 Å². The van der Waals surface area contributed by atoms with Crippen molar-refractivity contribution in [2.75, 3.05) is 6.16 Å². The van der Waals surface area contributed by atoms with E-state index in [1.54, 1.807) is 0 Å². The Labute approximate surface area is 196 Å². The maximum absolute atomic E-state index is 10.6. The molecule has 1 N–H and O–H groups in total. The number of aryl methyl sites for hydroxylation is 1. The minimum Gasteiger partial charge on any atom is -1.00 e. The SMILES string of the molecule is Cn1cc([P+](CCCCCCCCC(=O)O)(c2ccccc2)c2ccccc2)cn1.[Br-]. The molecule has 166 valence electrons. The van der Waals surface area contributed by atoms with Crippen LogP contribution in [0.15, 0.2) is 73.1 Å². The van der Waals surface area contributed by atoms with Crippen LogP contribution in [0.25, 0.3) is 0 Å². The maximum atomic E-state index is 10.6. The molecule has 0 unspecified atom stereocenters. The molecule has 3 aromatic rings. The summed E-state index contributed by atoms with van der Waals surface area (Å²) in [5.74, 6) is -0.688. The van der Waals surface area contributed by atoms with Crippen LogP contribution in [0.3, 0.4) is 0 Å². The summed E-state index contributed by atoms with van der Waals surface area (Å²) in [4.78, 5) is 10.6. The molecule has 3 rings (SSSR count). The molecule has 0 fully saturated rings. The summed E-state index contributed by atoms with van der Waals surface area (Å²) in [6, 6.07) is 21.9. The maximum Gasteiger partial charge on any atom is 0.303 e. The molecule has 0 saturated carbocycles. The summed E-state index contributed by atoms with van der Waals surface area (Å²) in [6.07, 6.45) is 12.1. The first-order chi connectivity index (χ1) is 14.6. The smallest absolute Gasteiger partial charge is 0.303 e. The number of aliphatic carboxylic acids is 1. The van der Waals surface area contributed by atoms with Gasteiger partial charge in [-0.3, -0.25) is 9.48 Å². The molecule has 0 spiro atoms. The summed E-state index contributed by atoms with van der Waals surface area (Å²) in [7, 11) is 0.223. The molecular formula is C25H32BrN2O2P. The van der Waals surface area contributed by atoms with E-state index in [2.05, 4.69) is 78.2 Å². The van der Waals surface area contributed by atoms with Gasteiger partial charge >= 0.3 is 5.97 Å². The minimum atomic E-state index is -1.77. The Morgan fingerprint density at radius 2 is 1.35 bits per heavy atom. The molecule has 1 aromatic heterocycles. The summed E-state index contributed by atoms with van der Waals surface area (Å²) in [5.41, 5.74) is 0. The minimum absolute atomic E-state index is 0. The predicted molar refractivity (Wildman–Crippen MR) is 127 cm³/mol. The first-order valence-electron chi connectivity index (χ1n) is 10.8. The zero-order valence-electron chi connectivity index (χ0n) is 18.2. The van der Waals surface area contributed by atoms with Crippen LogP contribution in [0.2, 0.25) is 0 Å². The molecule has 0 bridgehead atoms. The van der Waals surface area contributed by atoms with Gasteiger partial charge in [-0.2, -0.15) is 5.10 Å². The van der Waals surface area contributed by atoms with Crippen molar-refractivity contribution in [2.24, 2.45) is 7.05 Å². The fourth-order valence-corrected chi connectivity index (χ4v) is 8.48. The summed E-state index contributed by atoms with van der Waals surface area (Å²) in [6.45, 7) is 0. The van der Waals surface area contributed by atoms with Gasteiger partial charge in [0.1, 0.15) is 23.2 Å². The van der Waals surface area contributed by atoms with Gasteiger partial charge in [0.15, 0.2) is 0 Å². The van der Waals surface area contributed by atoms with Crippen molar-refractivity contribution in [2.45, 2.75) is 44.9 Å². The average molecular weight is 503 g/mol. The van der Waals surface area contributed by atoms with E-state index in [0.29, 0.717) is 0 Å². The second kappa shape index (κ2) is 12.8. The summed E-state index contributed by atoms with van der Waals surface area (Å²) < 4.78 is 1.92. The Balaban J connectivity index is 0.00000341. The highest BCUT2D eigenvalue weighted by Crippen LogP contribution is 2.55. The molecule has 2 aromatic carbocycles. The van der Waals surface area contributed by atoms with Crippen LogP contribution in [-0.4, -0.2) is 27.0 Å². The molecule has 0 radical (unpaired) electrons. The highest BCUT2D eigenvalue weighted by molar-refractivity contribution is 7.95.